The lowest BCUT2D eigenvalue weighted by Crippen LogP contribution is -2.48. The number of carbonyl (C=O) groups is 2. The van der Waals surface area contributed by atoms with E-state index in [-0.39, 0.29) is 18.4 Å². The first kappa shape index (κ1) is 16.0. The SMILES string of the molecule is COC[C@@H](NC(C)=O)C(=O)NCc1ccc(OC)cc1. The molecule has 1 aromatic rings. The second-order valence-corrected chi connectivity index (χ2v) is 4.27. The molecule has 0 aliphatic heterocycles. The van der Waals surface area contributed by atoms with Crippen LogP contribution in [0.3, 0.4) is 0 Å². The van der Waals surface area contributed by atoms with Gasteiger partial charge in [0.2, 0.25) is 11.8 Å². The second kappa shape index (κ2) is 8.16. The Hall–Kier alpha value is -2.08. The summed E-state index contributed by atoms with van der Waals surface area (Å²) < 4.78 is 9.97. The van der Waals surface area contributed by atoms with Crippen molar-refractivity contribution in [1.82, 2.24) is 10.6 Å². The zero-order valence-corrected chi connectivity index (χ0v) is 11.9. The molecule has 0 fully saturated rings. The van der Waals surface area contributed by atoms with Crippen molar-refractivity contribution >= 4 is 11.8 Å². The predicted molar refractivity (Wildman–Crippen MR) is 74.3 cm³/mol. The summed E-state index contributed by atoms with van der Waals surface area (Å²) in [6, 6.07) is 6.69. The van der Waals surface area contributed by atoms with Crippen molar-refractivity contribution in [2.75, 3.05) is 20.8 Å². The largest absolute Gasteiger partial charge is 0.497 e. The Morgan fingerprint density at radius 2 is 1.85 bits per heavy atom. The summed E-state index contributed by atoms with van der Waals surface area (Å²) in [6.07, 6.45) is 0. The molecule has 1 atom stereocenters. The standard InChI is InChI=1S/C14H20N2O4/c1-10(17)16-13(9-19-2)14(18)15-8-11-4-6-12(20-3)7-5-11/h4-7,13H,8-9H2,1-3H3,(H,15,18)(H,16,17)/t13-/m1/s1. The summed E-state index contributed by atoms with van der Waals surface area (Å²) in [5, 5.41) is 5.29. The number of methoxy groups -OCH3 is 2. The van der Waals surface area contributed by atoms with Crippen molar-refractivity contribution in [3.05, 3.63) is 29.8 Å². The molecule has 2 amide bonds. The predicted octanol–water partition coefficient (Wildman–Crippen LogP) is 0.463. The highest BCUT2D eigenvalue weighted by atomic mass is 16.5. The Bertz CT molecular complexity index is 445. The number of benzene rings is 1. The Morgan fingerprint density at radius 3 is 2.35 bits per heavy atom. The van der Waals surface area contributed by atoms with E-state index < -0.39 is 6.04 Å². The molecule has 0 aliphatic rings. The second-order valence-electron chi connectivity index (χ2n) is 4.27. The molecule has 0 aliphatic carbocycles. The van der Waals surface area contributed by atoms with Gasteiger partial charge in [-0.2, -0.15) is 0 Å². The van der Waals surface area contributed by atoms with Gasteiger partial charge in [0.05, 0.1) is 13.7 Å². The summed E-state index contributed by atoms with van der Waals surface area (Å²) in [4.78, 5) is 23.0. The normalized spacial score (nSPS) is 11.6. The third kappa shape index (κ3) is 5.27. The Kier molecular flexibility index (Phi) is 6.52. The summed E-state index contributed by atoms with van der Waals surface area (Å²) >= 11 is 0. The summed E-state index contributed by atoms with van der Waals surface area (Å²) in [6.45, 7) is 1.87. The number of nitrogens with one attached hydrogen (secondary N) is 2. The minimum absolute atomic E-state index is 0.133. The molecule has 1 rings (SSSR count). The van der Waals surface area contributed by atoms with Crippen molar-refractivity contribution < 1.29 is 19.1 Å². The fraction of sp³-hybridized carbons (Fsp3) is 0.429. The topological polar surface area (TPSA) is 76.7 Å². The van der Waals surface area contributed by atoms with Crippen LogP contribution in [-0.4, -0.2) is 38.7 Å². The molecule has 0 radical (unpaired) electrons. The van der Waals surface area contributed by atoms with E-state index in [1.165, 1.54) is 14.0 Å². The van der Waals surface area contributed by atoms with Gasteiger partial charge in [-0.05, 0) is 17.7 Å². The number of ether oxygens (including phenoxy) is 2. The highest BCUT2D eigenvalue weighted by Crippen LogP contribution is 2.10. The van der Waals surface area contributed by atoms with Crippen LogP contribution < -0.4 is 15.4 Å². The molecule has 0 heterocycles. The molecule has 110 valence electrons. The number of hydrogen-bond acceptors (Lipinski definition) is 4. The Labute approximate surface area is 118 Å². The van der Waals surface area contributed by atoms with Gasteiger partial charge in [0, 0.05) is 20.6 Å². The molecule has 1 aromatic carbocycles. The number of amides is 2. The monoisotopic (exact) mass is 280 g/mol. The van der Waals surface area contributed by atoms with Gasteiger partial charge in [-0.15, -0.1) is 0 Å². The van der Waals surface area contributed by atoms with E-state index >= 15 is 0 Å². The van der Waals surface area contributed by atoms with Crippen molar-refractivity contribution in [1.29, 1.82) is 0 Å². The van der Waals surface area contributed by atoms with Crippen molar-refractivity contribution in [3.63, 3.8) is 0 Å². The number of rotatable bonds is 7. The van der Waals surface area contributed by atoms with E-state index in [4.69, 9.17) is 9.47 Å². The molecule has 0 aromatic heterocycles. The summed E-state index contributed by atoms with van der Waals surface area (Å²) in [5.74, 6) is 0.208. The van der Waals surface area contributed by atoms with Gasteiger partial charge in [0.1, 0.15) is 11.8 Å². The molecule has 0 unspecified atom stereocenters. The summed E-state index contributed by atoms with van der Waals surface area (Å²) in [7, 11) is 3.07. The molecule has 6 heteroatoms. The maximum Gasteiger partial charge on any atom is 0.245 e. The molecular weight excluding hydrogens is 260 g/mol. The van der Waals surface area contributed by atoms with Gasteiger partial charge in [0.15, 0.2) is 0 Å². The van der Waals surface area contributed by atoms with Crippen molar-refractivity contribution in [3.8, 4) is 5.75 Å². The van der Waals surface area contributed by atoms with Crippen LogP contribution in [0.25, 0.3) is 0 Å². The fourth-order valence-electron chi connectivity index (χ4n) is 1.65. The zero-order valence-electron chi connectivity index (χ0n) is 11.9. The maximum absolute atomic E-state index is 11.9. The maximum atomic E-state index is 11.9. The lowest BCUT2D eigenvalue weighted by molar-refractivity contribution is -0.129. The Morgan fingerprint density at radius 1 is 1.20 bits per heavy atom. The molecule has 0 spiro atoms. The van der Waals surface area contributed by atoms with Crippen LogP contribution >= 0.6 is 0 Å². The third-order valence-corrected chi connectivity index (χ3v) is 2.65. The van der Waals surface area contributed by atoms with Gasteiger partial charge >= 0.3 is 0 Å². The van der Waals surface area contributed by atoms with E-state index in [1.54, 1.807) is 7.11 Å². The third-order valence-electron chi connectivity index (χ3n) is 2.65. The quantitative estimate of drug-likeness (QED) is 0.761. The first-order valence-corrected chi connectivity index (χ1v) is 6.23. The molecule has 20 heavy (non-hydrogen) atoms. The van der Waals surface area contributed by atoms with Crippen LogP contribution in [0, 0.1) is 0 Å². The van der Waals surface area contributed by atoms with E-state index in [0.717, 1.165) is 11.3 Å². The minimum Gasteiger partial charge on any atom is -0.497 e. The first-order chi connectivity index (χ1) is 9.56. The smallest absolute Gasteiger partial charge is 0.245 e. The van der Waals surface area contributed by atoms with Gasteiger partial charge in [-0.25, -0.2) is 0 Å². The lowest BCUT2D eigenvalue weighted by Gasteiger charge is -2.16. The fourth-order valence-corrected chi connectivity index (χ4v) is 1.65. The number of carbonyl (C=O) groups excluding carboxylic acids is 2. The van der Waals surface area contributed by atoms with Crippen LogP contribution in [-0.2, 0) is 20.9 Å². The average Bonchev–Trinajstić information content (AvgIpc) is 2.44. The zero-order chi connectivity index (χ0) is 15.0. The van der Waals surface area contributed by atoms with Gasteiger partial charge in [-0.1, -0.05) is 12.1 Å². The molecular formula is C14H20N2O4. The van der Waals surface area contributed by atoms with Crippen molar-refractivity contribution in [2.45, 2.75) is 19.5 Å². The minimum atomic E-state index is -0.684. The van der Waals surface area contributed by atoms with E-state index in [1.807, 2.05) is 24.3 Å². The highest BCUT2D eigenvalue weighted by molar-refractivity contribution is 5.86. The van der Waals surface area contributed by atoms with Gasteiger partial charge in [0.25, 0.3) is 0 Å². The summed E-state index contributed by atoms with van der Waals surface area (Å²) in [5.41, 5.74) is 0.943. The van der Waals surface area contributed by atoms with Crippen molar-refractivity contribution in [2.24, 2.45) is 0 Å². The van der Waals surface area contributed by atoms with Crippen LogP contribution in [0.1, 0.15) is 12.5 Å². The molecule has 0 bridgehead atoms. The van der Waals surface area contributed by atoms with E-state index in [9.17, 15) is 9.59 Å². The number of hydrogen-bond donors (Lipinski definition) is 2. The van der Waals surface area contributed by atoms with Crippen LogP contribution in [0.4, 0.5) is 0 Å². The van der Waals surface area contributed by atoms with E-state index in [0.29, 0.717) is 6.54 Å². The lowest BCUT2D eigenvalue weighted by atomic mass is 10.2. The molecule has 0 saturated carbocycles. The molecule has 6 nitrogen and oxygen atoms in total. The molecule has 0 saturated heterocycles. The average molecular weight is 280 g/mol. The van der Waals surface area contributed by atoms with Gasteiger partial charge in [-0.3, -0.25) is 9.59 Å². The van der Waals surface area contributed by atoms with Crippen LogP contribution in [0.15, 0.2) is 24.3 Å². The highest BCUT2D eigenvalue weighted by Gasteiger charge is 2.18. The first-order valence-electron chi connectivity index (χ1n) is 6.23. The Balaban J connectivity index is 2.52. The van der Waals surface area contributed by atoms with Crippen LogP contribution in [0.2, 0.25) is 0 Å². The van der Waals surface area contributed by atoms with Crippen LogP contribution in [0.5, 0.6) is 5.75 Å². The molecule has 2 N–H and O–H groups in total. The van der Waals surface area contributed by atoms with E-state index in [2.05, 4.69) is 10.6 Å². The van der Waals surface area contributed by atoms with Gasteiger partial charge < -0.3 is 20.1 Å².